The summed E-state index contributed by atoms with van der Waals surface area (Å²) in [6.07, 6.45) is 0. The van der Waals surface area contributed by atoms with Gasteiger partial charge in [-0.3, -0.25) is 0 Å². The Morgan fingerprint density at radius 1 is 0.700 bits per heavy atom. The van der Waals surface area contributed by atoms with Crippen molar-refractivity contribution in [3.63, 3.8) is 0 Å². The van der Waals surface area contributed by atoms with Crippen molar-refractivity contribution in [2.45, 2.75) is 15.8 Å². The first-order valence-corrected chi connectivity index (χ1v) is 6.12. The van der Waals surface area contributed by atoms with Crippen molar-refractivity contribution in [2.75, 3.05) is 19.8 Å². The Labute approximate surface area is 65.7 Å². The second-order valence-corrected chi connectivity index (χ2v) is 5.87. The molecule has 4 heteroatoms. The summed E-state index contributed by atoms with van der Waals surface area (Å²) in [6.45, 7) is 0.616. The molecule has 0 atom stereocenters. The maximum absolute atomic E-state index is 8.56. The molecule has 10 heavy (non-hydrogen) atoms. The summed E-state index contributed by atoms with van der Waals surface area (Å²) < 4.78 is 0. The SMILES string of the molecule is OC[CH2][Al]([CH2]CO)[CH2]CO. The monoisotopic (exact) mass is 162 g/mol. The van der Waals surface area contributed by atoms with E-state index in [2.05, 4.69) is 0 Å². The molecule has 0 radical (unpaired) electrons. The highest BCUT2D eigenvalue weighted by molar-refractivity contribution is 6.58. The molecule has 3 nitrogen and oxygen atoms in total. The van der Waals surface area contributed by atoms with E-state index < -0.39 is 14.1 Å². The van der Waals surface area contributed by atoms with Crippen LogP contribution in [-0.2, 0) is 0 Å². The van der Waals surface area contributed by atoms with Crippen molar-refractivity contribution in [1.82, 2.24) is 0 Å². The Balaban J connectivity index is 3.30. The summed E-state index contributed by atoms with van der Waals surface area (Å²) in [6, 6.07) is 0. The maximum atomic E-state index is 8.56. The van der Waals surface area contributed by atoms with Crippen LogP contribution in [0.3, 0.4) is 0 Å². The normalized spacial score (nSPS) is 9.90. The summed E-state index contributed by atoms with van der Waals surface area (Å²) in [5.41, 5.74) is 0. The average molecular weight is 162 g/mol. The lowest BCUT2D eigenvalue weighted by molar-refractivity contribution is 0.301. The van der Waals surface area contributed by atoms with Crippen molar-refractivity contribution < 1.29 is 15.3 Å². The van der Waals surface area contributed by atoms with Gasteiger partial charge in [0.1, 0.15) is 0 Å². The number of aliphatic hydroxyl groups excluding tert-OH is 3. The Morgan fingerprint density at radius 2 is 1.00 bits per heavy atom. The van der Waals surface area contributed by atoms with Gasteiger partial charge in [-0.05, 0) is 0 Å². The quantitative estimate of drug-likeness (QED) is 0.459. The van der Waals surface area contributed by atoms with Gasteiger partial charge in [0.15, 0.2) is 0 Å². The second kappa shape index (κ2) is 7.52. The minimum Gasteiger partial charge on any atom is -0.398 e. The van der Waals surface area contributed by atoms with Crippen LogP contribution in [-0.4, -0.2) is 49.3 Å². The van der Waals surface area contributed by atoms with Crippen molar-refractivity contribution >= 4 is 14.1 Å². The average Bonchev–Trinajstić information content (AvgIpc) is 1.90. The van der Waals surface area contributed by atoms with Gasteiger partial charge >= 0.3 is 0 Å². The van der Waals surface area contributed by atoms with E-state index >= 15 is 0 Å². The zero-order chi connectivity index (χ0) is 7.82. The molecule has 0 saturated heterocycles. The van der Waals surface area contributed by atoms with E-state index in [0.717, 1.165) is 15.8 Å². The molecule has 0 aliphatic rings. The first kappa shape index (κ1) is 10.4. The Hall–Kier alpha value is 0.412. The van der Waals surface area contributed by atoms with Crippen molar-refractivity contribution in [3.8, 4) is 0 Å². The summed E-state index contributed by atoms with van der Waals surface area (Å²) in [7, 11) is 0. The third-order valence-electron chi connectivity index (χ3n) is 1.61. The largest absolute Gasteiger partial charge is 0.398 e. The molecular weight excluding hydrogens is 147 g/mol. The Kier molecular flexibility index (Phi) is 7.83. The van der Waals surface area contributed by atoms with E-state index in [0.29, 0.717) is 0 Å². The van der Waals surface area contributed by atoms with E-state index in [-0.39, 0.29) is 19.8 Å². The van der Waals surface area contributed by atoms with Gasteiger partial charge in [-0.1, -0.05) is 15.8 Å². The highest BCUT2D eigenvalue weighted by Gasteiger charge is 2.13. The topological polar surface area (TPSA) is 60.7 Å². The van der Waals surface area contributed by atoms with E-state index in [4.69, 9.17) is 15.3 Å². The molecule has 0 aliphatic carbocycles. The first-order chi connectivity index (χ1) is 4.85. The van der Waals surface area contributed by atoms with Gasteiger partial charge in [-0.15, -0.1) is 0 Å². The van der Waals surface area contributed by atoms with Crippen LogP contribution in [0.5, 0.6) is 0 Å². The number of hydrogen-bond acceptors (Lipinski definition) is 3. The molecule has 0 fully saturated rings. The van der Waals surface area contributed by atoms with Crippen molar-refractivity contribution in [3.05, 3.63) is 0 Å². The van der Waals surface area contributed by atoms with Gasteiger partial charge in [0.25, 0.3) is 14.1 Å². The summed E-state index contributed by atoms with van der Waals surface area (Å²) >= 11 is -0.984. The molecule has 0 unspecified atom stereocenters. The van der Waals surface area contributed by atoms with Crippen LogP contribution >= 0.6 is 0 Å². The number of aliphatic hydroxyl groups is 3. The number of hydrogen-bond donors (Lipinski definition) is 3. The van der Waals surface area contributed by atoms with Gasteiger partial charge in [0, 0.05) is 19.8 Å². The minimum absolute atomic E-state index is 0.205. The molecule has 0 aliphatic heterocycles. The Bertz CT molecular complexity index is 55.7. The third kappa shape index (κ3) is 5.22. The van der Waals surface area contributed by atoms with Gasteiger partial charge < -0.3 is 15.3 Å². The zero-order valence-electron chi connectivity index (χ0n) is 6.16. The predicted molar refractivity (Wildman–Crippen MR) is 41.4 cm³/mol. The molecule has 0 heterocycles. The zero-order valence-corrected chi connectivity index (χ0v) is 7.32. The summed E-state index contributed by atoms with van der Waals surface area (Å²) in [5.74, 6) is 0. The molecule has 3 N–H and O–H groups in total. The van der Waals surface area contributed by atoms with E-state index in [1.165, 1.54) is 0 Å². The van der Waals surface area contributed by atoms with Gasteiger partial charge in [-0.25, -0.2) is 0 Å². The summed E-state index contributed by atoms with van der Waals surface area (Å²) in [4.78, 5) is 0. The molecule has 0 amide bonds. The smallest absolute Gasteiger partial charge is 0.270 e. The standard InChI is InChI=1S/3C2H5O.Al/c3*1-2-3;/h3*3H,1-2H2;. The van der Waals surface area contributed by atoms with Crippen LogP contribution in [0, 0.1) is 0 Å². The molecule has 0 bridgehead atoms. The fourth-order valence-electron chi connectivity index (χ4n) is 0.981. The van der Waals surface area contributed by atoms with Gasteiger partial charge in [0.2, 0.25) is 0 Å². The fourth-order valence-corrected chi connectivity index (χ4v) is 2.94. The van der Waals surface area contributed by atoms with Gasteiger partial charge in [0.05, 0.1) is 0 Å². The van der Waals surface area contributed by atoms with Crippen LogP contribution in [0.15, 0.2) is 0 Å². The lowest BCUT2D eigenvalue weighted by atomic mass is 10.8. The highest BCUT2D eigenvalue weighted by atomic mass is 27.2. The van der Waals surface area contributed by atoms with Crippen LogP contribution in [0.4, 0.5) is 0 Å². The minimum atomic E-state index is -0.984. The van der Waals surface area contributed by atoms with Crippen LogP contribution < -0.4 is 0 Å². The van der Waals surface area contributed by atoms with Gasteiger partial charge in [-0.2, -0.15) is 0 Å². The van der Waals surface area contributed by atoms with E-state index in [1.54, 1.807) is 0 Å². The molecule has 60 valence electrons. The fraction of sp³-hybridized carbons (Fsp3) is 1.00. The molecule has 0 saturated carbocycles. The van der Waals surface area contributed by atoms with Crippen molar-refractivity contribution in [2.24, 2.45) is 0 Å². The first-order valence-electron chi connectivity index (χ1n) is 3.67. The molecule has 0 rings (SSSR count). The van der Waals surface area contributed by atoms with E-state index in [9.17, 15) is 0 Å². The third-order valence-corrected chi connectivity index (χ3v) is 4.84. The molecular formula is C6H15AlO3. The number of rotatable bonds is 6. The highest BCUT2D eigenvalue weighted by Crippen LogP contribution is 2.03. The van der Waals surface area contributed by atoms with Crippen LogP contribution in [0.25, 0.3) is 0 Å². The van der Waals surface area contributed by atoms with E-state index in [1.807, 2.05) is 0 Å². The summed E-state index contributed by atoms with van der Waals surface area (Å²) in [5, 5.41) is 28.1. The van der Waals surface area contributed by atoms with Crippen LogP contribution in [0.1, 0.15) is 0 Å². The molecule has 0 aromatic heterocycles. The Morgan fingerprint density at radius 3 is 1.20 bits per heavy atom. The van der Waals surface area contributed by atoms with Crippen LogP contribution in [0.2, 0.25) is 15.8 Å². The lowest BCUT2D eigenvalue weighted by Crippen LogP contribution is -2.16. The maximum Gasteiger partial charge on any atom is 0.270 e. The molecule has 0 aromatic rings. The predicted octanol–water partition coefficient (Wildman–Crippen LogP) is -0.542. The molecule has 0 aromatic carbocycles. The molecule has 0 spiro atoms. The van der Waals surface area contributed by atoms with Crippen molar-refractivity contribution in [1.29, 1.82) is 0 Å². The second-order valence-electron chi connectivity index (χ2n) is 2.40. The lowest BCUT2D eigenvalue weighted by Gasteiger charge is -2.04.